The molecule has 0 radical (unpaired) electrons. The summed E-state index contributed by atoms with van der Waals surface area (Å²) in [6.07, 6.45) is 0.493. The van der Waals surface area contributed by atoms with Crippen molar-refractivity contribution >= 4 is 27.3 Å². The van der Waals surface area contributed by atoms with Crippen molar-refractivity contribution in [2.45, 2.75) is 18.5 Å². The molecule has 3 unspecified atom stereocenters. The fourth-order valence-corrected chi connectivity index (χ4v) is 4.74. The lowest BCUT2D eigenvalue weighted by Crippen LogP contribution is -2.41. The number of hydrogen-bond donors (Lipinski definition) is 3. The predicted octanol–water partition coefficient (Wildman–Crippen LogP) is 0.408. The Hall–Kier alpha value is -1.15. The first-order valence-corrected chi connectivity index (χ1v) is 9.39. The number of hydrazine groups is 1. The van der Waals surface area contributed by atoms with E-state index in [1.54, 1.807) is 12.1 Å². The maximum Gasteiger partial charge on any atom is 0.226 e. The number of carbonyl (C=O) groups excluding carboxylic acids is 1. The number of hydrogen-bond acceptors (Lipinski definition) is 5. The summed E-state index contributed by atoms with van der Waals surface area (Å²) in [5.74, 6) is -0.221. The number of benzene rings is 1. The molecule has 3 atom stereocenters. The molecule has 0 spiro atoms. The van der Waals surface area contributed by atoms with E-state index in [-0.39, 0.29) is 35.4 Å². The van der Waals surface area contributed by atoms with E-state index < -0.39 is 9.84 Å². The Morgan fingerprint density at radius 1 is 1.27 bits per heavy atom. The first kappa shape index (κ1) is 15.7. The standard InChI is InChI=1S/C14H18ClN3O3S/c15-10-3-1-9(2-4-10)13-12(7-16-18-13)14(19)17-11-5-6-22(20,21)8-11/h1-4,11-13,16,18H,5-8H2,(H,17,19). The van der Waals surface area contributed by atoms with Gasteiger partial charge in [-0.1, -0.05) is 23.7 Å². The average molecular weight is 344 g/mol. The van der Waals surface area contributed by atoms with Gasteiger partial charge in [-0.25, -0.2) is 13.8 Å². The number of halogens is 1. The molecule has 8 heteroatoms. The lowest BCUT2D eigenvalue weighted by atomic mass is 9.94. The molecule has 3 N–H and O–H groups in total. The Kier molecular flexibility index (Phi) is 4.40. The summed E-state index contributed by atoms with van der Waals surface area (Å²) >= 11 is 5.89. The van der Waals surface area contributed by atoms with Crippen molar-refractivity contribution < 1.29 is 13.2 Å². The lowest BCUT2D eigenvalue weighted by Gasteiger charge is -2.20. The highest BCUT2D eigenvalue weighted by molar-refractivity contribution is 7.91. The van der Waals surface area contributed by atoms with Gasteiger partial charge in [0.05, 0.1) is 23.5 Å². The van der Waals surface area contributed by atoms with E-state index in [4.69, 9.17) is 11.6 Å². The SMILES string of the molecule is O=C(NC1CCS(=O)(=O)C1)C1CNNC1c1ccc(Cl)cc1. The number of amides is 1. The van der Waals surface area contributed by atoms with Crippen LogP contribution in [0.1, 0.15) is 18.0 Å². The summed E-state index contributed by atoms with van der Waals surface area (Å²) in [4.78, 5) is 12.5. The zero-order chi connectivity index (χ0) is 15.7. The second-order valence-electron chi connectivity index (χ2n) is 5.77. The van der Waals surface area contributed by atoms with Crippen LogP contribution in [0.5, 0.6) is 0 Å². The van der Waals surface area contributed by atoms with E-state index >= 15 is 0 Å². The van der Waals surface area contributed by atoms with Gasteiger partial charge < -0.3 is 5.32 Å². The summed E-state index contributed by atoms with van der Waals surface area (Å²) in [7, 11) is -3.00. The van der Waals surface area contributed by atoms with Crippen LogP contribution >= 0.6 is 11.6 Å². The third-order valence-electron chi connectivity index (χ3n) is 4.13. The lowest BCUT2D eigenvalue weighted by molar-refractivity contribution is -0.125. The first-order valence-electron chi connectivity index (χ1n) is 7.19. The molecular weight excluding hydrogens is 326 g/mol. The normalized spacial score (nSPS) is 30.3. The van der Waals surface area contributed by atoms with Crippen LogP contribution in [-0.4, -0.2) is 38.4 Å². The van der Waals surface area contributed by atoms with Gasteiger partial charge in [-0.05, 0) is 24.1 Å². The van der Waals surface area contributed by atoms with Crippen molar-refractivity contribution in [2.24, 2.45) is 5.92 Å². The fraction of sp³-hybridized carbons (Fsp3) is 0.500. The van der Waals surface area contributed by atoms with Crippen molar-refractivity contribution in [3.05, 3.63) is 34.9 Å². The minimum absolute atomic E-state index is 0.0396. The van der Waals surface area contributed by atoms with Crippen molar-refractivity contribution in [1.29, 1.82) is 0 Å². The molecule has 0 bridgehead atoms. The van der Waals surface area contributed by atoms with Gasteiger partial charge in [-0.2, -0.15) is 0 Å². The molecule has 0 aliphatic carbocycles. The zero-order valence-corrected chi connectivity index (χ0v) is 13.5. The van der Waals surface area contributed by atoms with Crippen molar-refractivity contribution in [3.8, 4) is 0 Å². The van der Waals surface area contributed by atoms with Crippen molar-refractivity contribution in [1.82, 2.24) is 16.2 Å². The van der Waals surface area contributed by atoms with E-state index in [1.807, 2.05) is 12.1 Å². The quantitative estimate of drug-likeness (QED) is 0.740. The van der Waals surface area contributed by atoms with Crippen LogP contribution in [0.4, 0.5) is 0 Å². The molecule has 120 valence electrons. The van der Waals surface area contributed by atoms with Crippen LogP contribution in [-0.2, 0) is 14.6 Å². The van der Waals surface area contributed by atoms with E-state index in [0.717, 1.165) is 5.56 Å². The van der Waals surface area contributed by atoms with Crippen LogP contribution in [0.25, 0.3) is 0 Å². The highest BCUT2D eigenvalue weighted by Crippen LogP contribution is 2.26. The summed E-state index contributed by atoms with van der Waals surface area (Å²) in [6.45, 7) is 0.499. The molecule has 2 aliphatic heterocycles. The maximum absolute atomic E-state index is 12.5. The number of sulfone groups is 1. The summed E-state index contributed by atoms with van der Waals surface area (Å²) in [6, 6.07) is 6.91. The first-order chi connectivity index (χ1) is 10.4. The molecule has 2 fully saturated rings. The van der Waals surface area contributed by atoms with Crippen LogP contribution in [0.3, 0.4) is 0 Å². The average Bonchev–Trinajstić information content (AvgIpc) is 3.06. The second-order valence-corrected chi connectivity index (χ2v) is 8.43. The van der Waals surface area contributed by atoms with Crippen molar-refractivity contribution in [3.63, 3.8) is 0 Å². The van der Waals surface area contributed by atoms with E-state index in [9.17, 15) is 13.2 Å². The summed E-state index contributed by atoms with van der Waals surface area (Å²) in [5, 5.41) is 3.51. The Labute approximate surface area is 134 Å². The largest absolute Gasteiger partial charge is 0.352 e. The number of carbonyl (C=O) groups is 1. The smallest absolute Gasteiger partial charge is 0.226 e. The Morgan fingerprint density at radius 2 is 2.00 bits per heavy atom. The molecule has 1 aromatic carbocycles. The highest BCUT2D eigenvalue weighted by atomic mass is 35.5. The number of nitrogens with one attached hydrogen (secondary N) is 3. The van der Waals surface area contributed by atoms with Gasteiger partial charge in [0.25, 0.3) is 0 Å². The van der Waals surface area contributed by atoms with Gasteiger partial charge >= 0.3 is 0 Å². The Morgan fingerprint density at radius 3 is 2.64 bits per heavy atom. The zero-order valence-electron chi connectivity index (χ0n) is 11.9. The minimum atomic E-state index is -3.00. The van der Waals surface area contributed by atoms with E-state index in [1.165, 1.54) is 0 Å². The minimum Gasteiger partial charge on any atom is -0.352 e. The molecule has 0 aromatic heterocycles. The molecule has 6 nitrogen and oxygen atoms in total. The molecule has 0 saturated carbocycles. The highest BCUT2D eigenvalue weighted by Gasteiger charge is 2.36. The number of rotatable bonds is 3. The van der Waals surface area contributed by atoms with Crippen molar-refractivity contribution in [2.75, 3.05) is 18.1 Å². The topological polar surface area (TPSA) is 87.3 Å². The van der Waals surface area contributed by atoms with Gasteiger partial charge in [-0.15, -0.1) is 0 Å². The Bertz CT molecular complexity index is 662. The third kappa shape index (κ3) is 3.43. The summed E-state index contributed by atoms with van der Waals surface area (Å²) in [5.41, 5.74) is 7.05. The van der Waals surface area contributed by atoms with E-state index in [0.29, 0.717) is 18.0 Å². The fourth-order valence-electron chi connectivity index (χ4n) is 2.94. The molecule has 2 aliphatic rings. The molecule has 2 saturated heterocycles. The molecule has 22 heavy (non-hydrogen) atoms. The molecule has 1 amide bonds. The van der Waals surface area contributed by atoms with Crippen LogP contribution in [0, 0.1) is 5.92 Å². The van der Waals surface area contributed by atoms with Gasteiger partial charge in [-0.3, -0.25) is 10.2 Å². The van der Waals surface area contributed by atoms with Crippen LogP contribution in [0.15, 0.2) is 24.3 Å². The third-order valence-corrected chi connectivity index (χ3v) is 6.15. The Balaban J connectivity index is 1.67. The van der Waals surface area contributed by atoms with Crippen LogP contribution in [0.2, 0.25) is 5.02 Å². The molecular formula is C14H18ClN3O3S. The van der Waals surface area contributed by atoms with Gasteiger partial charge in [0, 0.05) is 17.6 Å². The van der Waals surface area contributed by atoms with Gasteiger partial charge in [0.1, 0.15) is 0 Å². The second kappa shape index (κ2) is 6.16. The molecule has 1 aromatic rings. The van der Waals surface area contributed by atoms with Gasteiger partial charge in [0.2, 0.25) is 5.91 Å². The predicted molar refractivity (Wildman–Crippen MR) is 84.0 cm³/mol. The molecule has 2 heterocycles. The maximum atomic E-state index is 12.5. The van der Waals surface area contributed by atoms with Gasteiger partial charge in [0.15, 0.2) is 9.84 Å². The molecule has 3 rings (SSSR count). The monoisotopic (exact) mass is 343 g/mol. The van der Waals surface area contributed by atoms with Crippen LogP contribution < -0.4 is 16.2 Å². The van der Waals surface area contributed by atoms with E-state index in [2.05, 4.69) is 16.2 Å². The summed E-state index contributed by atoms with van der Waals surface area (Å²) < 4.78 is 22.9.